The number of aromatic nitrogens is 1. The molecule has 0 fully saturated rings. The molecule has 2 aromatic carbocycles. The first-order chi connectivity index (χ1) is 13.6. The third kappa shape index (κ3) is 3.27. The maximum absolute atomic E-state index is 12.7. The lowest BCUT2D eigenvalue weighted by atomic mass is 10.2. The molecule has 7 nitrogen and oxygen atoms in total. The van der Waals surface area contributed by atoms with Crippen LogP contribution in [0.3, 0.4) is 0 Å². The molecule has 0 radical (unpaired) electrons. The summed E-state index contributed by atoms with van der Waals surface area (Å²) in [4.78, 5) is 29.5. The van der Waals surface area contributed by atoms with Crippen LogP contribution in [0, 0.1) is 0 Å². The van der Waals surface area contributed by atoms with Crippen molar-refractivity contribution >= 4 is 33.4 Å². The first kappa shape index (κ1) is 18.2. The van der Waals surface area contributed by atoms with E-state index >= 15 is 0 Å². The number of esters is 1. The predicted molar refractivity (Wildman–Crippen MR) is 104 cm³/mol. The van der Waals surface area contributed by atoms with Crippen molar-refractivity contribution in [1.29, 1.82) is 0 Å². The molecule has 1 amide bonds. The maximum atomic E-state index is 12.7. The zero-order valence-electron chi connectivity index (χ0n) is 15.4. The summed E-state index contributed by atoms with van der Waals surface area (Å²) in [5, 5.41) is 0. The van der Waals surface area contributed by atoms with Gasteiger partial charge < -0.3 is 18.8 Å². The Morgan fingerprint density at radius 1 is 1.11 bits per heavy atom. The van der Waals surface area contributed by atoms with Crippen molar-refractivity contribution in [2.75, 3.05) is 13.4 Å². The molecule has 0 saturated heterocycles. The molecule has 0 aliphatic carbocycles. The van der Waals surface area contributed by atoms with E-state index in [0.29, 0.717) is 40.6 Å². The van der Waals surface area contributed by atoms with Gasteiger partial charge >= 0.3 is 5.97 Å². The third-order valence-electron chi connectivity index (χ3n) is 4.33. The van der Waals surface area contributed by atoms with Crippen molar-refractivity contribution in [2.45, 2.75) is 20.4 Å². The molecule has 1 aromatic heterocycles. The minimum absolute atomic E-state index is 0.152. The number of nitrogens with zero attached hydrogens (tertiary/aromatic N) is 2. The number of aryl methyl sites for hydroxylation is 1. The van der Waals surface area contributed by atoms with Gasteiger partial charge in [-0.05, 0) is 50.2 Å². The van der Waals surface area contributed by atoms with E-state index in [1.54, 1.807) is 37.3 Å². The van der Waals surface area contributed by atoms with E-state index < -0.39 is 0 Å². The molecule has 8 heteroatoms. The second-order valence-corrected chi connectivity index (χ2v) is 7.03. The van der Waals surface area contributed by atoms with Crippen LogP contribution in [-0.2, 0) is 11.3 Å². The maximum Gasteiger partial charge on any atom is 0.338 e. The Morgan fingerprint density at radius 2 is 1.89 bits per heavy atom. The minimum Gasteiger partial charge on any atom is -0.462 e. The molecule has 4 rings (SSSR count). The van der Waals surface area contributed by atoms with Crippen LogP contribution in [0.5, 0.6) is 11.5 Å². The number of thiazole rings is 1. The van der Waals surface area contributed by atoms with Gasteiger partial charge in [-0.2, -0.15) is 4.99 Å². The van der Waals surface area contributed by atoms with Crippen LogP contribution in [0.4, 0.5) is 0 Å². The van der Waals surface area contributed by atoms with Gasteiger partial charge in [0.05, 0.1) is 22.4 Å². The van der Waals surface area contributed by atoms with Crippen molar-refractivity contribution in [3.63, 3.8) is 0 Å². The molecule has 0 unspecified atom stereocenters. The highest BCUT2D eigenvalue weighted by molar-refractivity contribution is 7.16. The largest absolute Gasteiger partial charge is 0.462 e. The highest BCUT2D eigenvalue weighted by Crippen LogP contribution is 2.32. The predicted octanol–water partition coefficient (Wildman–Crippen LogP) is 3.37. The molecule has 2 heterocycles. The second-order valence-electron chi connectivity index (χ2n) is 6.02. The fraction of sp³-hybridized carbons (Fsp3) is 0.250. The van der Waals surface area contributed by atoms with E-state index in [2.05, 4.69) is 4.99 Å². The lowest BCUT2D eigenvalue weighted by Gasteiger charge is -2.03. The topological polar surface area (TPSA) is 79.1 Å². The number of amides is 1. The van der Waals surface area contributed by atoms with E-state index in [-0.39, 0.29) is 18.7 Å². The number of benzene rings is 2. The molecule has 1 aliphatic rings. The molecular formula is C20H18N2O5S. The standard InChI is InChI=1S/C20H18N2O5S/c1-3-22-14-7-5-13(19(24)25-4-2)10-17(14)28-20(22)21-18(23)12-6-8-15-16(9-12)27-11-26-15/h5-10H,3-4,11H2,1-2H3. The Balaban J connectivity index is 1.74. The minimum atomic E-state index is -0.365. The molecule has 1 aliphatic heterocycles. The van der Waals surface area contributed by atoms with Crippen molar-refractivity contribution in [2.24, 2.45) is 4.99 Å². The highest BCUT2D eigenvalue weighted by atomic mass is 32.1. The smallest absolute Gasteiger partial charge is 0.338 e. The van der Waals surface area contributed by atoms with Gasteiger partial charge in [0, 0.05) is 12.1 Å². The first-order valence-corrected chi connectivity index (χ1v) is 9.71. The van der Waals surface area contributed by atoms with Gasteiger partial charge in [-0.15, -0.1) is 0 Å². The number of fused-ring (bicyclic) bond motifs is 2. The molecule has 0 atom stereocenters. The quantitative estimate of drug-likeness (QED) is 0.630. The average molecular weight is 398 g/mol. The number of rotatable bonds is 4. The zero-order chi connectivity index (χ0) is 19.7. The van der Waals surface area contributed by atoms with Gasteiger partial charge in [-0.25, -0.2) is 4.79 Å². The van der Waals surface area contributed by atoms with Gasteiger partial charge in [0.15, 0.2) is 16.3 Å². The summed E-state index contributed by atoms with van der Waals surface area (Å²) < 4.78 is 18.5. The van der Waals surface area contributed by atoms with Gasteiger partial charge in [-0.3, -0.25) is 4.79 Å². The van der Waals surface area contributed by atoms with Crippen LogP contribution in [0.1, 0.15) is 34.6 Å². The number of ether oxygens (including phenoxy) is 3. The number of hydrogen-bond acceptors (Lipinski definition) is 6. The van der Waals surface area contributed by atoms with Crippen molar-refractivity contribution in [3.8, 4) is 11.5 Å². The van der Waals surface area contributed by atoms with Crippen LogP contribution in [-0.4, -0.2) is 29.8 Å². The normalized spacial score (nSPS) is 13.1. The molecule has 144 valence electrons. The summed E-state index contributed by atoms with van der Waals surface area (Å²) in [6.07, 6.45) is 0. The summed E-state index contributed by atoms with van der Waals surface area (Å²) in [6, 6.07) is 10.4. The summed E-state index contributed by atoms with van der Waals surface area (Å²) in [5.74, 6) is 0.432. The monoisotopic (exact) mass is 398 g/mol. The number of carbonyl (C=O) groups is 2. The van der Waals surface area contributed by atoms with Crippen LogP contribution >= 0.6 is 11.3 Å². The molecule has 28 heavy (non-hydrogen) atoms. The van der Waals surface area contributed by atoms with Crippen molar-refractivity contribution in [3.05, 3.63) is 52.3 Å². The Bertz CT molecular complexity index is 1150. The van der Waals surface area contributed by atoms with Gasteiger partial charge in [-0.1, -0.05) is 11.3 Å². The number of carbonyl (C=O) groups excluding carboxylic acids is 2. The molecular weight excluding hydrogens is 380 g/mol. The Morgan fingerprint density at radius 3 is 2.68 bits per heavy atom. The molecule has 0 bridgehead atoms. The van der Waals surface area contributed by atoms with Crippen LogP contribution in [0.2, 0.25) is 0 Å². The Kier molecular flexibility index (Phi) is 4.87. The summed E-state index contributed by atoms with van der Waals surface area (Å²) in [6.45, 7) is 4.87. The summed E-state index contributed by atoms with van der Waals surface area (Å²) in [5.41, 5.74) is 1.82. The van der Waals surface area contributed by atoms with Crippen molar-refractivity contribution in [1.82, 2.24) is 4.57 Å². The molecule has 3 aromatic rings. The zero-order valence-corrected chi connectivity index (χ0v) is 16.2. The Hall–Kier alpha value is -3.13. The summed E-state index contributed by atoms with van der Waals surface area (Å²) >= 11 is 1.36. The van der Waals surface area contributed by atoms with Gasteiger partial charge in [0.2, 0.25) is 6.79 Å². The fourth-order valence-corrected chi connectivity index (χ4v) is 4.12. The van der Waals surface area contributed by atoms with Crippen LogP contribution in [0.25, 0.3) is 10.2 Å². The van der Waals surface area contributed by atoms with E-state index in [9.17, 15) is 9.59 Å². The lowest BCUT2D eigenvalue weighted by Crippen LogP contribution is -2.15. The summed E-state index contributed by atoms with van der Waals surface area (Å²) in [7, 11) is 0. The van der Waals surface area contributed by atoms with E-state index in [1.807, 2.05) is 17.6 Å². The number of hydrogen-bond donors (Lipinski definition) is 0. The SMILES string of the molecule is CCOC(=O)c1ccc2c(c1)sc(=NC(=O)c1ccc3c(c1)OCO3)n2CC. The van der Waals surface area contributed by atoms with Gasteiger partial charge in [0.1, 0.15) is 0 Å². The molecule has 0 spiro atoms. The third-order valence-corrected chi connectivity index (χ3v) is 5.37. The fourth-order valence-electron chi connectivity index (χ4n) is 2.99. The van der Waals surface area contributed by atoms with Gasteiger partial charge in [0.25, 0.3) is 5.91 Å². The first-order valence-electron chi connectivity index (χ1n) is 8.90. The Labute approximate surface area is 164 Å². The van der Waals surface area contributed by atoms with E-state index in [0.717, 1.165) is 10.2 Å². The lowest BCUT2D eigenvalue weighted by molar-refractivity contribution is 0.0526. The van der Waals surface area contributed by atoms with Crippen LogP contribution < -0.4 is 14.3 Å². The van der Waals surface area contributed by atoms with E-state index in [4.69, 9.17) is 14.2 Å². The molecule has 0 N–H and O–H groups in total. The van der Waals surface area contributed by atoms with E-state index in [1.165, 1.54) is 11.3 Å². The van der Waals surface area contributed by atoms with Crippen LogP contribution in [0.15, 0.2) is 41.4 Å². The second kappa shape index (κ2) is 7.47. The highest BCUT2D eigenvalue weighted by Gasteiger charge is 2.17. The van der Waals surface area contributed by atoms with Crippen molar-refractivity contribution < 1.29 is 23.8 Å². The average Bonchev–Trinajstić information content (AvgIpc) is 3.30. The molecule has 0 saturated carbocycles.